The van der Waals surface area contributed by atoms with Gasteiger partial charge in [-0.15, -0.1) is 0 Å². The summed E-state index contributed by atoms with van der Waals surface area (Å²) in [7, 11) is 3.65. The molecule has 0 aliphatic heterocycles. The highest BCUT2D eigenvalue weighted by molar-refractivity contribution is 6.34. The van der Waals surface area contributed by atoms with Gasteiger partial charge in [-0.1, -0.05) is 32.4 Å². The SMILES string of the molecule is CN(C)C(=Nc1cc(C(C)(C)C)[nH]n1)c1ccc([N+](=O)[O-])cc1Cl. The Labute approximate surface area is 145 Å². The van der Waals surface area contributed by atoms with Gasteiger partial charge in [0.25, 0.3) is 5.69 Å². The van der Waals surface area contributed by atoms with Crippen LogP contribution in [-0.4, -0.2) is 40.0 Å². The molecule has 1 heterocycles. The Morgan fingerprint density at radius 1 is 1.33 bits per heavy atom. The third-order valence-corrected chi connectivity index (χ3v) is 3.73. The lowest BCUT2D eigenvalue weighted by Crippen LogP contribution is -2.23. The molecule has 128 valence electrons. The van der Waals surface area contributed by atoms with Crippen LogP contribution in [0.5, 0.6) is 0 Å². The first kappa shape index (κ1) is 17.9. The van der Waals surface area contributed by atoms with Crippen molar-refractivity contribution in [3.05, 3.63) is 50.7 Å². The predicted octanol–water partition coefficient (Wildman–Crippen LogP) is 3.91. The Hall–Kier alpha value is -2.41. The molecule has 0 aliphatic carbocycles. The summed E-state index contributed by atoms with van der Waals surface area (Å²) in [4.78, 5) is 16.7. The van der Waals surface area contributed by atoms with Crippen LogP contribution >= 0.6 is 11.6 Å². The lowest BCUT2D eigenvalue weighted by Gasteiger charge is -2.16. The lowest BCUT2D eigenvalue weighted by atomic mass is 9.92. The number of halogens is 1. The van der Waals surface area contributed by atoms with Crippen LogP contribution < -0.4 is 0 Å². The normalized spacial score (nSPS) is 12.3. The summed E-state index contributed by atoms with van der Waals surface area (Å²) in [6.45, 7) is 6.23. The monoisotopic (exact) mass is 349 g/mol. The molecule has 1 N–H and O–H groups in total. The molecule has 7 nitrogen and oxygen atoms in total. The molecule has 0 bridgehead atoms. The highest BCUT2D eigenvalue weighted by atomic mass is 35.5. The number of aliphatic imine (C=N–C) groups is 1. The maximum atomic E-state index is 10.8. The molecule has 0 unspecified atom stereocenters. The van der Waals surface area contributed by atoms with E-state index >= 15 is 0 Å². The summed E-state index contributed by atoms with van der Waals surface area (Å²) in [5, 5.41) is 18.3. The van der Waals surface area contributed by atoms with Gasteiger partial charge in [-0.2, -0.15) is 5.10 Å². The fourth-order valence-electron chi connectivity index (χ4n) is 2.06. The number of rotatable bonds is 3. The van der Waals surface area contributed by atoms with Gasteiger partial charge in [-0.25, -0.2) is 4.99 Å². The molecule has 2 aromatic rings. The fraction of sp³-hybridized carbons (Fsp3) is 0.375. The van der Waals surface area contributed by atoms with Gasteiger partial charge in [0.15, 0.2) is 5.82 Å². The van der Waals surface area contributed by atoms with Crippen LogP contribution in [0.4, 0.5) is 11.5 Å². The minimum Gasteiger partial charge on any atom is -0.362 e. The van der Waals surface area contributed by atoms with Gasteiger partial charge in [0.2, 0.25) is 0 Å². The van der Waals surface area contributed by atoms with Crippen molar-refractivity contribution in [2.45, 2.75) is 26.2 Å². The molecule has 0 radical (unpaired) electrons. The van der Waals surface area contributed by atoms with Crippen LogP contribution in [0.3, 0.4) is 0 Å². The summed E-state index contributed by atoms with van der Waals surface area (Å²) in [5.41, 5.74) is 1.45. The van der Waals surface area contributed by atoms with E-state index in [9.17, 15) is 10.1 Å². The Balaban J connectivity index is 2.47. The zero-order chi connectivity index (χ0) is 18.1. The Kier molecular flexibility index (Phi) is 4.94. The van der Waals surface area contributed by atoms with E-state index in [-0.39, 0.29) is 16.1 Å². The molecule has 0 amide bonds. The number of amidine groups is 1. The average molecular weight is 350 g/mol. The number of nitro groups is 1. The number of nitro benzene ring substituents is 1. The fourth-order valence-corrected chi connectivity index (χ4v) is 2.32. The van der Waals surface area contributed by atoms with Gasteiger partial charge >= 0.3 is 0 Å². The quantitative estimate of drug-likeness (QED) is 0.394. The van der Waals surface area contributed by atoms with Crippen LogP contribution in [-0.2, 0) is 5.41 Å². The summed E-state index contributed by atoms with van der Waals surface area (Å²) in [6.07, 6.45) is 0. The molecule has 0 aliphatic rings. The number of aromatic amines is 1. The number of hydrogen-bond donors (Lipinski definition) is 1. The second kappa shape index (κ2) is 6.60. The van der Waals surface area contributed by atoms with E-state index in [0.29, 0.717) is 17.2 Å². The maximum absolute atomic E-state index is 10.8. The number of aromatic nitrogens is 2. The standard InChI is InChI=1S/C16H20ClN5O2/c1-16(2,3)13-9-14(20-19-13)18-15(21(4)5)11-7-6-10(22(23)24)8-12(11)17/h6-9H,1-5H3,(H,19,20). The van der Waals surface area contributed by atoms with Gasteiger partial charge in [-0.3, -0.25) is 15.2 Å². The smallest absolute Gasteiger partial charge is 0.270 e. The third-order valence-electron chi connectivity index (χ3n) is 3.42. The van der Waals surface area contributed by atoms with E-state index in [1.807, 2.05) is 20.2 Å². The molecule has 0 saturated carbocycles. The second-order valence-corrected chi connectivity index (χ2v) is 7.05. The van der Waals surface area contributed by atoms with Crippen molar-refractivity contribution in [1.29, 1.82) is 0 Å². The maximum Gasteiger partial charge on any atom is 0.270 e. The first-order valence-corrected chi connectivity index (χ1v) is 7.73. The van der Waals surface area contributed by atoms with Crippen LogP contribution in [0.25, 0.3) is 0 Å². The second-order valence-electron chi connectivity index (χ2n) is 6.64. The number of nitrogens with one attached hydrogen (secondary N) is 1. The minimum absolute atomic E-state index is 0.0587. The summed E-state index contributed by atoms with van der Waals surface area (Å²) in [5.74, 6) is 1.10. The molecule has 0 spiro atoms. The topological polar surface area (TPSA) is 87.4 Å². The highest BCUT2D eigenvalue weighted by Crippen LogP contribution is 2.27. The molecule has 2 rings (SSSR count). The highest BCUT2D eigenvalue weighted by Gasteiger charge is 2.18. The van der Waals surface area contributed by atoms with E-state index in [0.717, 1.165) is 5.69 Å². The molecular weight excluding hydrogens is 330 g/mol. The van der Waals surface area contributed by atoms with Gasteiger partial charge in [0.1, 0.15) is 5.84 Å². The zero-order valence-electron chi connectivity index (χ0n) is 14.3. The Morgan fingerprint density at radius 2 is 2.00 bits per heavy atom. The Morgan fingerprint density at radius 3 is 2.46 bits per heavy atom. The van der Waals surface area contributed by atoms with E-state index in [2.05, 4.69) is 36.0 Å². The van der Waals surface area contributed by atoms with Crippen molar-refractivity contribution in [2.24, 2.45) is 4.99 Å². The van der Waals surface area contributed by atoms with Crippen molar-refractivity contribution in [3.8, 4) is 0 Å². The molecule has 8 heteroatoms. The van der Waals surface area contributed by atoms with Crippen LogP contribution in [0.15, 0.2) is 29.3 Å². The zero-order valence-corrected chi connectivity index (χ0v) is 15.0. The van der Waals surface area contributed by atoms with E-state index in [1.54, 1.807) is 11.0 Å². The van der Waals surface area contributed by atoms with E-state index < -0.39 is 4.92 Å². The van der Waals surface area contributed by atoms with Gasteiger partial charge < -0.3 is 4.90 Å². The predicted molar refractivity (Wildman–Crippen MR) is 95.3 cm³/mol. The number of H-pyrrole nitrogens is 1. The van der Waals surface area contributed by atoms with E-state index in [1.165, 1.54) is 12.1 Å². The first-order chi connectivity index (χ1) is 11.1. The molecule has 0 fully saturated rings. The van der Waals surface area contributed by atoms with Gasteiger partial charge in [0.05, 0.1) is 9.95 Å². The van der Waals surface area contributed by atoms with Crippen molar-refractivity contribution in [1.82, 2.24) is 15.1 Å². The van der Waals surface area contributed by atoms with E-state index in [4.69, 9.17) is 11.6 Å². The lowest BCUT2D eigenvalue weighted by molar-refractivity contribution is -0.384. The van der Waals surface area contributed by atoms with Gasteiger partial charge in [0, 0.05) is 49.0 Å². The van der Waals surface area contributed by atoms with Gasteiger partial charge in [-0.05, 0) is 6.07 Å². The van der Waals surface area contributed by atoms with Crippen LogP contribution in [0.2, 0.25) is 5.02 Å². The molecule has 0 saturated heterocycles. The number of benzene rings is 1. The molecule has 24 heavy (non-hydrogen) atoms. The summed E-state index contributed by atoms with van der Waals surface area (Å²) >= 11 is 6.22. The average Bonchev–Trinajstić information content (AvgIpc) is 2.93. The Bertz CT molecular complexity index is 790. The van der Waals surface area contributed by atoms with Crippen molar-refractivity contribution in [3.63, 3.8) is 0 Å². The molecule has 1 aromatic heterocycles. The summed E-state index contributed by atoms with van der Waals surface area (Å²) in [6, 6.07) is 6.20. The molecule has 1 aromatic carbocycles. The largest absolute Gasteiger partial charge is 0.362 e. The van der Waals surface area contributed by atoms with Crippen molar-refractivity contribution < 1.29 is 4.92 Å². The minimum atomic E-state index is -0.481. The summed E-state index contributed by atoms with van der Waals surface area (Å²) < 4.78 is 0. The molecule has 0 atom stereocenters. The van der Waals surface area contributed by atoms with Crippen LogP contribution in [0.1, 0.15) is 32.0 Å². The van der Waals surface area contributed by atoms with Crippen molar-refractivity contribution >= 4 is 28.9 Å². The third kappa shape index (κ3) is 3.91. The van der Waals surface area contributed by atoms with Crippen molar-refractivity contribution in [2.75, 3.05) is 14.1 Å². The number of nitrogens with zero attached hydrogens (tertiary/aromatic N) is 4. The number of hydrogen-bond acceptors (Lipinski definition) is 4. The number of non-ortho nitro benzene ring substituents is 1. The molecular formula is C16H20ClN5O2. The van der Waals surface area contributed by atoms with Crippen LogP contribution in [0, 0.1) is 10.1 Å². The first-order valence-electron chi connectivity index (χ1n) is 7.36.